The average molecular weight is 254 g/mol. The molecule has 0 aliphatic rings. The summed E-state index contributed by atoms with van der Waals surface area (Å²) in [7, 11) is 1.73. The molecule has 5 nitrogen and oxygen atoms in total. The van der Waals surface area contributed by atoms with Gasteiger partial charge in [-0.15, -0.1) is 0 Å². The van der Waals surface area contributed by atoms with E-state index in [1.807, 2.05) is 18.2 Å². The number of carbonyl (C=O) groups excluding carboxylic acids is 1. The molecule has 5 heteroatoms. The zero-order chi connectivity index (χ0) is 13.8. The predicted octanol–water partition coefficient (Wildman–Crippen LogP) is 2.39. The number of Topliss-reactive ketones (excluding diaryl/α,β-unsaturated/α-hetero) is 1. The first-order chi connectivity index (χ1) is 9.19. The van der Waals surface area contributed by atoms with Crippen LogP contribution in [0, 0.1) is 5.41 Å². The van der Waals surface area contributed by atoms with Crippen LogP contribution in [0.4, 0.5) is 5.82 Å². The minimum Gasteiger partial charge on any atom is -0.372 e. The van der Waals surface area contributed by atoms with Gasteiger partial charge in [-0.1, -0.05) is 24.3 Å². The van der Waals surface area contributed by atoms with Gasteiger partial charge in [-0.05, 0) is 6.92 Å². The largest absolute Gasteiger partial charge is 0.372 e. The van der Waals surface area contributed by atoms with Crippen molar-refractivity contribution >= 4 is 17.8 Å². The molecule has 0 spiro atoms. The van der Waals surface area contributed by atoms with Crippen molar-refractivity contribution in [3.05, 3.63) is 41.7 Å². The Hall–Kier alpha value is -2.56. The summed E-state index contributed by atoms with van der Waals surface area (Å²) in [6, 6.07) is 7.24. The van der Waals surface area contributed by atoms with E-state index in [1.54, 1.807) is 13.1 Å². The summed E-state index contributed by atoms with van der Waals surface area (Å²) in [5, 5.41) is 10.4. The van der Waals surface area contributed by atoms with Gasteiger partial charge in [0.05, 0.1) is 11.3 Å². The number of ketones is 1. The molecule has 0 saturated heterocycles. The second-order valence-electron chi connectivity index (χ2n) is 3.98. The molecule has 0 unspecified atom stereocenters. The van der Waals surface area contributed by atoms with Crippen LogP contribution in [0.25, 0.3) is 11.3 Å². The van der Waals surface area contributed by atoms with Gasteiger partial charge in [0.15, 0.2) is 5.78 Å². The summed E-state index contributed by atoms with van der Waals surface area (Å²) >= 11 is 0. The molecule has 96 valence electrons. The monoisotopic (exact) mass is 254 g/mol. The number of carbonyl (C=O) groups is 1. The van der Waals surface area contributed by atoms with Gasteiger partial charge in [0.25, 0.3) is 0 Å². The van der Waals surface area contributed by atoms with Gasteiger partial charge in [0.2, 0.25) is 0 Å². The quantitative estimate of drug-likeness (QED) is 0.648. The summed E-state index contributed by atoms with van der Waals surface area (Å²) in [5.41, 5.74) is 2.46. The van der Waals surface area contributed by atoms with Gasteiger partial charge < -0.3 is 10.7 Å². The Kier molecular flexibility index (Phi) is 3.66. The number of nitrogens with one attached hydrogen (secondary N) is 2. The van der Waals surface area contributed by atoms with E-state index >= 15 is 0 Å². The van der Waals surface area contributed by atoms with Crippen molar-refractivity contribution in [2.24, 2.45) is 0 Å². The highest BCUT2D eigenvalue weighted by Crippen LogP contribution is 2.27. The fraction of sp³-hybridized carbons (Fsp3) is 0.143. The summed E-state index contributed by atoms with van der Waals surface area (Å²) < 4.78 is 0. The maximum Gasteiger partial charge on any atom is 0.160 e. The van der Waals surface area contributed by atoms with E-state index in [2.05, 4.69) is 15.3 Å². The van der Waals surface area contributed by atoms with E-state index in [0.29, 0.717) is 28.2 Å². The molecular formula is C14H14N4O. The highest BCUT2D eigenvalue weighted by Gasteiger charge is 2.15. The Morgan fingerprint density at radius 1 is 1.32 bits per heavy atom. The SMILES string of the molecule is CNc1ncnc(-c2ccccc2C(C)=O)c1C=N. The van der Waals surface area contributed by atoms with Crippen molar-refractivity contribution in [1.82, 2.24) is 9.97 Å². The van der Waals surface area contributed by atoms with Crippen LogP contribution in [-0.2, 0) is 0 Å². The third kappa shape index (κ3) is 2.35. The third-order valence-electron chi connectivity index (χ3n) is 2.83. The Balaban J connectivity index is 2.72. The predicted molar refractivity (Wildman–Crippen MR) is 74.9 cm³/mol. The Morgan fingerprint density at radius 3 is 2.68 bits per heavy atom. The van der Waals surface area contributed by atoms with Crippen LogP contribution in [0.2, 0.25) is 0 Å². The molecule has 0 amide bonds. The van der Waals surface area contributed by atoms with E-state index in [1.165, 1.54) is 19.5 Å². The molecule has 0 bridgehead atoms. The molecule has 0 radical (unpaired) electrons. The molecule has 1 heterocycles. The van der Waals surface area contributed by atoms with Crippen molar-refractivity contribution in [2.75, 3.05) is 12.4 Å². The normalized spacial score (nSPS) is 10.0. The van der Waals surface area contributed by atoms with Gasteiger partial charge in [-0.25, -0.2) is 9.97 Å². The lowest BCUT2D eigenvalue weighted by atomic mass is 9.98. The lowest BCUT2D eigenvalue weighted by Crippen LogP contribution is -2.04. The average Bonchev–Trinajstić information content (AvgIpc) is 2.46. The zero-order valence-electron chi connectivity index (χ0n) is 10.8. The van der Waals surface area contributed by atoms with Crippen molar-refractivity contribution in [2.45, 2.75) is 6.92 Å². The maximum atomic E-state index is 11.7. The van der Waals surface area contributed by atoms with Crippen LogP contribution in [0.1, 0.15) is 22.8 Å². The number of anilines is 1. The van der Waals surface area contributed by atoms with Crippen LogP contribution in [-0.4, -0.2) is 29.0 Å². The van der Waals surface area contributed by atoms with Crippen LogP contribution in [0.15, 0.2) is 30.6 Å². The molecule has 1 aromatic heterocycles. The van der Waals surface area contributed by atoms with Crippen LogP contribution >= 0.6 is 0 Å². The first kappa shape index (κ1) is 12.9. The highest BCUT2D eigenvalue weighted by molar-refractivity contribution is 6.03. The number of hydrogen-bond acceptors (Lipinski definition) is 5. The Labute approximate surface area is 111 Å². The first-order valence-electron chi connectivity index (χ1n) is 5.82. The van der Waals surface area contributed by atoms with Crippen molar-refractivity contribution in [1.29, 1.82) is 5.41 Å². The molecule has 1 aromatic carbocycles. The lowest BCUT2D eigenvalue weighted by Gasteiger charge is -2.11. The highest BCUT2D eigenvalue weighted by atomic mass is 16.1. The van der Waals surface area contributed by atoms with Crippen LogP contribution in [0.3, 0.4) is 0 Å². The molecule has 0 fully saturated rings. The minimum atomic E-state index is -0.0313. The van der Waals surface area contributed by atoms with Gasteiger partial charge in [0, 0.05) is 24.4 Å². The second-order valence-corrected chi connectivity index (χ2v) is 3.98. The molecule has 19 heavy (non-hydrogen) atoms. The van der Waals surface area contributed by atoms with Crippen molar-refractivity contribution in [3.8, 4) is 11.3 Å². The topological polar surface area (TPSA) is 78.7 Å². The summed E-state index contributed by atoms with van der Waals surface area (Å²) in [4.78, 5) is 20.0. The molecule has 0 saturated carbocycles. The number of benzene rings is 1. The van der Waals surface area contributed by atoms with Gasteiger partial charge in [-0.3, -0.25) is 4.79 Å². The van der Waals surface area contributed by atoms with E-state index in [4.69, 9.17) is 5.41 Å². The second kappa shape index (κ2) is 5.39. The lowest BCUT2D eigenvalue weighted by molar-refractivity contribution is 0.101. The fourth-order valence-corrected chi connectivity index (χ4v) is 1.94. The molecule has 2 aromatic rings. The van der Waals surface area contributed by atoms with Gasteiger partial charge >= 0.3 is 0 Å². The number of hydrogen-bond donors (Lipinski definition) is 2. The Morgan fingerprint density at radius 2 is 2.05 bits per heavy atom. The van der Waals surface area contributed by atoms with E-state index in [0.717, 1.165) is 0 Å². The number of nitrogens with zero attached hydrogens (tertiary/aromatic N) is 2. The van der Waals surface area contributed by atoms with E-state index in [9.17, 15) is 4.79 Å². The number of rotatable bonds is 4. The molecule has 2 rings (SSSR count). The molecule has 2 N–H and O–H groups in total. The standard InChI is InChI=1S/C14H14N4O/c1-9(19)10-5-3-4-6-11(10)13-12(7-15)14(16-2)18-8-17-13/h3-8,15H,1-2H3,(H,16,17,18). The van der Waals surface area contributed by atoms with Crippen LogP contribution in [0.5, 0.6) is 0 Å². The van der Waals surface area contributed by atoms with E-state index < -0.39 is 0 Å². The Bertz CT molecular complexity index is 637. The van der Waals surface area contributed by atoms with Crippen LogP contribution < -0.4 is 5.32 Å². The summed E-state index contributed by atoms with van der Waals surface area (Å²) in [6.45, 7) is 1.52. The summed E-state index contributed by atoms with van der Waals surface area (Å²) in [6.07, 6.45) is 2.61. The minimum absolute atomic E-state index is 0.0313. The maximum absolute atomic E-state index is 11.7. The third-order valence-corrected chi connectivity index (χ3v) is 2.83. The van der Waals surface area contributed by atoms with Gasteiger partial charge in [0.1, 0.15) is 12.1 Å². The zero-order valence-corrected chi connectivity index (χ0v) is 10.8. The smallest absolute Gasteiger partial charge is 0.160 e. The van der Waals surface area contributed by atoms with E-state index in [-0.39, 0.29) is 5.78 Å². The van der Waals surface area contributed by atoms with Crippen molar-refractivity contribution < 1.29 is 4.79 Å². The van der Waals surface area contributed by atoms with Crippen molar-refractivity contribution in [3.63, 3.8) is 0 Å². The summed E-state index contributed by atoms with van der Waals surface area (Å²) in [5.74, 6) is 0.537. The fourth-order valence-electron chi connectivity index (χ4n) is 1.94. The molecular weight excluding hydrogens is 240 g/mol. The molecule has 0 aliphatic carbocycles. The first-order valence-corrected chi connectivity index (χ1v) is 5.82. The molecule has 0 aliphatic heterocycles. The number of aromatic nitrogens is 2. The van der Waals surface area contributed by atoms with Gasteiger partial charge in [-0.2, -0.15) is 0 Å². The molecule has 0 atom stereocenters.